The van der Waals surface area contributed by atoms with E-state index < -0.39 is 0 Å². The molecule has 2 aromatic carbocycles. The molecule has 0 N–H and O–H groups in total. The maximum Gasteiger partial charge on any atom is 0.123 e. The van der Waals surface area contributed by atoms with Crippen molar-refractivity contribution in [3.05, 3.63) is 57.8 Å². The second kappa shape index (κ2) is 5.38. The molecule has 0 nitrogen and oxygen atoms in total. The summed E-state index contributed by atoms with van der Waals surface area (Å²) in [5.74, 6) is -0.263. The average molecular weight is 334 g/mol. The van der Waals surface area contributed by atoms with Gasteiger partial charge in [0.2, 0.25) is 0 Å². The summed E-state index contributed by atoms with van der Waals surface area (Å²) in [7, 11) is 0. The summed E-state index contributed by atoms with van der Waals surface area (Å²) in [6.07, 6.45) is 0. The monoisotopic (exact) mass is 332 g/mol. The fourth-order valence-electron chi connectivity index (χ4n) is 1.65. The van der Waals surface area contributed by atoms with Gasteiger partial charge >= 0.3 is 0 Å². The molecule has 88 valence electrons. The Hall–Kier alpha value is -0.570. The lowest BCUT2D eigenvalue weighted by Gasteiger charge is -2.10. The summed E-state index contributed by atoms with van der Waals surface area (Å²) >= 11 is 15.5. The van der Waals surface area contributed by atoms with E-state index in [0.29, 0.717) is 15.4 Å². The van der Waals surface area contributed by atoms with Gasteiger partial charge in [0.15, 0.2) is 0 Å². The van der Waals surface area contributed by atoms with Gasteiger partial charge < -0.3 is 0 Å². The highest BCUT2D eigenvalue weighted by atomic mass is 79.9. The van der Waals surface area contributed by atoms with Crippen molar-refractivity contribution < 1.29 is 4.39 Å². The van der Waals surface area contributed by atoms with Crippen molar-refractivity contribution in [3.8, 4) is 11.1 Å². The molecule has 2 aromatic rings. The Labute approximate surface area is 117 Å². The molecule has 17 heavy (non-hydrogen) atoms. The van der Waals surface area contributed by atoms with Crippen LogP contribution < -0.4 is 0 Å². The summed E-state index contributed by atoms with van der Waals surface area (Å²) in [5.41, 5.74) is 2.54. The Bertz CT molecular complexity index is 555. The molecule has 0 unspecified atom stereocenters. The van der Waals surface area contributed by atoms with Crippen LogP contribution in [0, 0.1) is 5.82 Å². The normalized spacial score (nSPS) is 10.6. The van der Waals surface area contributed by atoms with Gasteiger partial charge in [0, 0.05) is 10.9 Å². The van der Waals surface area contributed by atoms with Crippen LogP contribution in [0.3, 0.4) is 0 Å². The van der Waals surface area contributed by atoms with Crippen LogP contribution in [0.15, 0.2) is 36.4 Å². The van der Waals surface area contributed by atoms with Crippen molar-refractivity contribution in [2.75, 3.05) is 0 Å². The summed E-state index contributed by atoms with van der Waals surface area (Å²) in [6, 6.07) is 10.0. The smallest absolute Gasteiger partial charge is 0.123 e. The zero-order valence-electron chi connectivity index (χ0n) is 8.68. The SMILES string of the molecule is Fc1ccc(-c2cccc(Cl)c2Cl)c(CBr)c1. The molecular formula is C13H8BrCl2F. The fourth-order valence-corrected chi connectivity index (χ4v) is 2.51. The minimum Gasteiger partial charge on any atom is -0.207 e. The van der Waals surface area contributed by atoms with Crippen LogP contribution in [0.4, 0.5) is 4.39 Å². The van der Waals surface area contributed by atoms with E-state index in [1.807, 2.05) is 12.1 Å². The van der Waals surface area contributed by atoms with Gasteiger partial charge in [-0.3, -0.25) is 0 Å². The Morgan fingerprint density at radius 1 is 1.06 bits per heavy atom. The van der Waals surface area contributed by atoms with Gasteiger partial charge in [-0.05, 0) is 29.3 Å². The first-order valence-electron chi connectivity index (χ1n) is 4.92. The standard InChI is InChI=1S/C13H8BrCl2F/c14-7-8-6-9(17)4-5-10(8)11-2-1-3-12(15)13(11)16/h1-6H,7H2. The van der Waals surface area contributed by atoms with Crippen molar-refractivity contribution >= 4 is 39.1 Å². The summed E-state index contributed by atoms with van der Waals surface area (Å²) in [5, 5.41) is 1.54. The Morgan fingerprint density at radius 2 is 1.82 bits per heavy atom. The maximum absolute atomic E-state index is 13.1. The predicted octanol–water partition coefficient (Wildman–Crippen LogP) is 5.69. The van der Waals surface area contributed by atoms with E-state index in [1.165, 1.54) is 12.1 Å². The summed E-state index contributed by atoms with van der Waals surface area (Å²) < 4.78 is 13.1. The number of alkyl halides is 1. The number of hydrogen-bond acceptors (Lipinski definition) is 0. The van der Waals surface area contributed by atoms with E-state index in [9.17, 15) is 4.39 Å². The van der Waals surface area contributed by atoms with E-state index in [1.54, 1.807) is 12.1 Å². The highest BCUT2D eigenvalue weighted by Crippen LogP contribution is 2.35. The van der Waals surface area contributed by atoms with Gasteiger partial charge in [-0.1, -0.05) is 57.3 Å². The number of rotatable bonds is 2. The average Bonchev–Trinajstić information content (AvgIpc) is 2.33. The molecular weight excluding hydrogens is 326 g/mol. The minimum absolute atomic E-state index is 0.263. The third kappa shape index (κ3) is 2.65. The molecule has 0 aliphatic heterocycles. The Morgan fingerprint density at radius 3 is 2.53 bits per heavy atom. The molecule has 0 bridgehead atoms. The molecule has 0 amide bonds. The topological polar surface area (TPSA) is 0 Å². The molecule has 0 fully saturated rings. The molecule has 2 rings (SSSR count). The fraction of sp³-hybridized carbons (Fsp3) is 0.0769. The molecule has 0 saturated carbocycles. The first-order chi connectivity index (χ1) is 8.13. The largest absolute Gasteiger partial charge is 0.207 e. The lowest BCUT2D eigenvalue weighted by Crippen LogP contribution is -1.89. The van der Waals surface area contributed by atoms with Crippen LogP contribution in [-0.2, 0) is 5.33 Å². The highest BCUT2D eigenvalue weighted by Gasteiger charge is 2.11. The Kier molecular flexibility index (Phi) is 4.08. The number of benzene rings is 2. The van der Waals surface area contributed by atoms with Crippen LogP contribution in [0.2, 0.25) is 10.0 Å². The van der Waals surface area contributed by atoms with Crippen LogP contribution in [-0.4, -0.2) is 0 Å². The van der Waals surface area contributed by atoms with Crippen molar-refractivity contribution in [2.45, 2.75) is 5.33 Å². The van der Waals surface area contributed by atoms with Gasteiger partial charge in [-0.15, -0.1) is 0 Å². The van der Waals surface area contributed by atoms with Crippen molar-refractivity contribution in [2.24, 2.45) is 0 Å². The van der Waals surface area contributed by atoms with E-state index >= 15 is 0 Å². The van der Waals surface area contributed by atoms with Crippen LogP contribution >= 0.6 is 39.1 Å². The first kappa shape index (κ1) is 12.9. The van der Waals surface area contributed by atoms with Crippen molar-refractivity contribution in [3.63, 3.8) is 0 Å². The molecule has 0 saturated heterocycles. The molecule has 0 aromatic heterocycles. The second-order valence-electron chi connectivity index (χ2n) is 3.54. The Balaban J connectivity index is 2.64. The molecule has 0 atom stereocenters. The van der Waals surface area contributed by atoms with E-state index in [4.69, 9.17) is 23.2 Å². The maximum atomic E-state index is 13.1. The minimum atomic E-state index is -0.263. The molecule has 0 radical (unpaired) electrons. The van der Waals surface area contributed by atoms with Crippen molar-refractivity contribution in [1.82, 2.24) is 0 Å². The van der Waals surface area contributed by atoms with Gasteiger partial charge in [-0.25, -0.2) is 4.39 Å². The molecule has 0 heterocycles. The van der Waals surface area contributed by atoms with Crippen LogP contribution in [0.5, 0.6) is 0 Å². The lowest BCUT2D eigenvalue weighted by atomic mass is 10.0. The van der Waals surface area contributed by atoms with Gasteiger partial charge in [0.1, 0.15) is 5.82 Å². The van der Waals surface area contributed by atoms with Gasteiger partial charge in [0.25, 0.3) is 0 Å². The quantitative estimate of drug-likeness (QED) is 0.619. The third-order valence-corrected chi connectivity index (χ3v) is 3.88. The first-order valence-corrected chi connectivity index (χ1v) is 6.80. The summed E-state index contributed by atoms with van der Waals surface area (Å²) in [6.45, 7) is 0. The molecule has 4 heteroatoms. The zero-order chi connectivity index (χ0) is 12.4. The van der Waals surface area contributed by atoms with Crippen LogP contribution in [0.1, 0.15) is 5.56 Å². The molecule has 0 aliphatic rings. The predicted molar refractivity (Wildman–Crippen MR) is 74.5 cm³/mol. The van der Waals surface area contributed by atoms with Gasteiger partial charge in [0.05, 0.1) is 10.0 Å². The molecule has 0 spiro atoms. The lowest BCUT2D eigenvalue weighted by molar-refractivity contribution is 0.627. The van der Waals surface area contributed by atoms with Gasteiger partial charge in [-0.2, -0.15) is 0 Å². The number of hydrogen-bond donors (Lipinski definition) is 0. The van der Waals surface area contributed by atoms with Crippen LogP contribution in [0.25, 0.3) is 11.1 Å². The number of halogens is 4. The third-order valence-electron chi connectivity index (χ3n) is 2.45. The van der Waals surface area contributed by atoms with Crippen molar-refractivity contribution in [1.29, 1.82) is 0 Å². The second-order valence-corrected chi connectivity index (χ2v) is 4.88. The van der Waals surface area contributed by atoms with E-state index in [-0.39, 0.29) is 5.82 Å². The zero-order valence-corrected chi connectivity index (χ0v) is 11.8. The molecule has 0 aliphatic carbocycles. The van der Waals surface area contributed by atoms with E-state index in [2.05, 4.69) is 15.9 Å². The van der Waals surface area contributed by atoms with E-state index in [0.717, 1.165) is 16.7 Å². The highest BCUT2D eigenvalue weighted by molar-refractivity contribution is 9.08. The summed E-state index contributed by atoms with van der Waals surface area (Å²) in [4.78, 5) is 0.